The summed E-state index contributed by atoms with van der Waals surface area (Å²) in [6.45, 7) is 5.77. The molecule has 144 valence electrons. The minimum Gasteiger partial charge on any atom is -0.348 e. The van der Waals surface area contributed by atoms with Crippen molar-refractivity contribution >= 4 is 17.8 Å². The van der Waals surface area contributed by atoms with E-state index in [1.807, 2.05) is 32.9 Å². The van der Waals surface area contributed by atoms with Crippen molar-refractivity contribution in [1.82, 2.24) is 15.5 Å². The van der Waals surface area contributed by atoms with Crippen molar-refractivity contribution in [3.8, 4) is 0 Å². The fourth-order valence-corrected chi connectivity index (χ4v) is 4.27. The lowest BCUT2D eigenvalue weighted by atomic mass is 9.87. The Morgan fingerprint density at radius 2 is 1.81 bits per heavy atom. The van der Waals surface area contributed by atoms with Crippen LogP contribution in [0.5, 0.6) is 0 Å². The third-order valence-electron chi connectivity index (χ3n) is 6.31. The van der Waals surface area contributed by atoms with Gasteiger partial charge in [-0.2, -0.15) is 0 Å². The van der Waals surface area contributed by atoms with Gasteiger partial charge in [-0.3, -0.25) is 14.5 Å². The first-order chi connectivity index (χ1) is 12.8. The summed E-state index contributed by atoms with van der Waals surface area (Å²) >= 11 is 0. The van der Waals surface area contributed by atoms with Crippen molar-refractivity contribution in [2.45, 2.75) is 58.0 Å². The molecule has 1 aromatic rings. The van der Waals surface area contributed by atoms with Crippen molar-refractivity contribution in [3.63, 3.8) is 0 Å². The van der Waals surface area contributed by atoms with E-state index in [0.717, 1.165) is 36.1 Å². The van der Waals surface area contributed by atoms with Crippen molar-refractivity contribution in [3.05, 3.63) is 34.9 Å². The summed E-state index contributed by atoms with van der Waals surface area (Å²) < 4.78 is 0. The van der Waals surface area contributed by atoms with Gasteiger partial charge >= 0.3 is 6.03 Å². The van der Waals surface area contributed by atoms with Crippen molar-refractivity contribution in [1.29, 1.82) is 0 Å². The van der Waals surface area contributed by atoms with Crippen LogP contribution in [-0.2, 0) is 9.59 Å². The molecule has 1 heterocycles. The van der Waals surface area contributed by atoms with Gasteiger partial charge in [-0.05, 0) is 75.0 Å². The first kappa shape index (κ1) is 18.0. The minimum absolute atomic E-state index is 0.186. The van der Waals surface area contributed by atoms with Crippen LogP contribution in [0.15, 0.2) is 18.2 Å². The number of urea groups is 1. The summed E-state index contributed by atoms with van der Waals surface area (Å²) in [4.78, 5) is 39.1. The molecule has 2 saturated carbocycles. The van der Waals surface area contributed by atoms with Gasteiger partial charge in [-0.15, -0.1) is 0 Å². The van der Waals surface area contributed by atoms with E-state index >= 15 is 0 Å². The van der Waals surface area contributed by atoms with Crippen LogP contribution in [0.2, 0.25) is 0 Å². The van der Waals surface area contributed by atoms with Gasteiger partial charge in [0.25, 0.3) is 5.91 Å². The highest BCUT2D eigenvalue weighted by molar-refractivity contribution is 6.09. The fourth-order valence-electron chi connectivity index (χ4n) is 4.27. The monoisotopic (exact) mass is 369 g/mol. The van der Waals surface area contributed by atoms with E-state index in [0.29, 0.717) is 0 Å². The Morgan fingerprint density at radius 3 is 2.37 bits per heavy atom. The topological polar surface area (TPSA) is 78.5 Å². The van der Waals surface area contributed by atoms with Gasteiger partial charge in [0, 0.05) is 0 Å². The summed E-state index contributed by atoms with van der Waals surface area (Å²) in [5, 5.41) is 5.87. The van der Waals surface area contributed by atoms with Gasteiger partial charge in [-0.25, -0.2) is 4.79 Å². The van der Waals surface area contributed by atoms with Crippen LogP contribution in [0.4, 0.5) is 4.79 Å². The highest BCUT2D eigenvalue weighted by Gasteiger charge is 2.65. The molecule has 27 heavy (non-hydrogen) atoms. The second kappa shape index (κ2) is 6.36. The number of amides is 4. The fraction of sp³-hybridized carbons (Fsp3) is 0.571. The van der Waals surface area contributed by atoms with E-state index in [1.54, 1.807) is 0 Å². The van der Waals surface area contributed by atoms with E-state index < -0.39 is 11.6 Å². The second-order valence-electron chi connectivity index (χ2n) is 8.37. The SMILES string of the molecule is Cc1ccc(C(C)NC(=O)CN2C(=O)NC(C3CC3)(C3CC3)C2=O)cc1C. The summed E-state index contributed by atoms with van der Waals surface area (Å²) in [5.41, 5.74) is 2.64. The average Bonchev–Trinajstić information content (AvgIpc) is 3.52. The summed E-state index contributed by atoms with van der Waals surface area (Å²) in [7, 11) is 0. The molecular formula is C21H27N3O3. The van der Waals surface area contributed by atoms with Gasteiger partial charge in [-0.1, -0.05) is 18.2 Å². The normalized spacial score (nSPS) is 22.6. The predicted molar refractivity (Wildman–Crippen MR) is 101 cm³/mol. The number of hydrogen-bond donors (Lipinski definition) is 2. The molecule has 0 bridgehead atoms. The number of nitrogens with one attached hydrogen (secondary N) is 2. The van der Waals surface area contributed by atoms with Gasteiger partial charge < -0.3 is 10.6 Å². The van der Waals surface area contributed by atoms with Crippen LogP contribution in [-0.4, -0.2) is 34.8 Å². The van der Waals surface area contributed by atoms with E-state index in [9.17, 15) is 14.4 Å². The Morgan fingerprint density at radius 1 is 1.19 bits per heavy atom. The standard InChI is InChI=1S/C21H27N3O3/c1-12-4-5-15(10-13(12)2)14(3)22-18(25)11-24-19(26)21(16-6-7-16,17-8-9-17)23-20(24)27/h4-5,10,14,16-17H,6-9,11H2,1-3H3,(H,22,25)(H,23,27). The number of imide groups is 1. The van der Waals surface area contributed by atoms with Crippen molar-refractivity contribution in [2.75, 3.05) is 6.54 Å². The summed E-state index contributed by atoms with van der Waals surface area (Å²) in [6.07, 6.45) is 3.91. The summed E-state index contributed by atoms with van der Waals surface area (Å²) in [6, 6.07) is 5.47. The van der Waals surface area contributed by atoms with Crippen LogP contribution >= 0.6 is 0 Å². The van der Waals surface area contributed by atoms with Crippen molar-refractivity contribution in [2.24, 2.45) is 11.8 Å². The van der Waals surface area contributed by atoms with Crippen LogP contribution in [0.25, 0.3) is 0 Å². The van der Waals surface area contributed by atoms with Crippen LogP contribution in [0.1, 0.15) is 55.3 Å². The zero-order valence-electron chi connectivity index (χ0n) is 16.2. The molecule has 0 spiro atoms. The lowest BCUT2D eigenvalue weighted by Crippen LogP contribution is -2.51. The molecule has 6 nitrogen and oxygen atoms in total. The van der Waals surface area contributed by atoms with Gasteiger partial charge in [0.1, 0.15) is 12.1 Å². The van der Waals surface area contributed by atoms with Gasteiger partial charge in [0.15, 0.2) is 0 Å². The number of hydrogen-bond acceptors (Lipinski definition) is 3. The maximum Gasteiger partial charge on any atom is 0.325 e. The molecule has 1 atom stereocenters. The van der Waals surface area contributed by atoms with Crippen molar-refractivity contribution < 1.29 is 14.4 Å². The number of benzene rings is 1. The van der Waals surface area contributed by atoms with Crippen LogP contribution in [0.3, 0.4) is 0 Å². The molecule has 4 rings (SSSR count). The minimum atomic E-state index is -0.739. The molecule has 3 fully saturated rings. The highest BCUT2D eigenvalue weighted by Crippen LogP contribution is 2.54. The Kier molecular flexibility index (Phi) is 4.24. The molecule has 2 aliphatic carbocycles. The lowest BCUT2D eigenvalue weighted by Gasteiger charge is -2.26. The number of rotatable bonds is 6. The first-order valence-electron chi connectivity index (χ1n) is 9.83. The number of carbonyl (C=O) groups excluding carboxylic acids is 3. The smallest absolute Gasteiger partial charge is 0.325 e. The third-order valence-corrected chi connectivity index (χ3v) is 6.31. The van der Waals surface area contributed by atoms with Crippen LogP contribution < -0.4 is 10.6 Å². The Bertz CT molecular complexity index is 799. The molecule has 0 aromatic heterocycles. The van der Waals surface area contributed by atoms with E-state index in [4.69, 9.17) is 0 Å². The van der Waals surface area contributed by atoms with Crippen LogP contribution in [0, 0.1) is 25.7 Å². The molecule has 3 aliphatic rings. The quantitative estimate of drug-likeness (QED) is 0.757. The Hall–Kier alpha value is -2.37. The van der Waals surface area contributed by atoms with Gasteiger partial charge in [0.2, 0.25) is 5.91 Å². The van der Waals surface area contributed by atoms with E-state index in [2.05, 4.69) is 16.7 Å². The maximum absolute atomic E-state index is 13.0. The second-order valence-corrected chi connectivity index (χ2v) is 8.37. The Balaban J connectivity index is 1.42. The van der Waals surface area contributed by atoms with E-state index in [-0.39, 0.29) is 36.2 Å². The number of carbonyl (C=O) groups is 3. The zero-order valence-corrected chi connectivity index (χ0v) is 16.2. The summed E-state index contributed by atoms with van der Waals surface area (Å²) in [5.74, 6) is -0.0361. The first-order valence-corrected chi connectivity index (χ1v) is 9.83. The predicted octanol–water partition coefficient (Wildman–Crippen LogP) is 2.59. The number of nitrogens with zero attached hydrogens (tertiary/aromatic N) is 1. The molecule has 6 heteroatoms. The molecule has 2 N–H and O–H groups in total. The van der Waals surface area contributed by atoms with E-state index in [1.165, 1.54) is 11.1 Å². The average molecular weight is 369 g/mol. The van der Waals surface area contributed by atoms with Gasteiger partial charge in [0.05, 0.1) is 6.04 Å². The largest absolute Gasteiger partial charge is 0.348 e. The molecular weight excluding hydrogens is 342 g/mol. The Labute approximate surface area is 159 Å². The highest BCUT2D eigenvalue weighted by atomic mass is 16.2. The molecule has 1 saturated heterocycles. The molecule has 0 radical (unpaired) electrons. The molecule has 1 unspecified atom stereocenters. The molecule has 1 aliphatic heterocycles. The maximum atomic E-state index is 13.0. The third kappa shape index (κ3) is 3.11. The number of aryl methyl sites for hydroxylation is 2. The lowest BCUT2D eigenvalue weighted by molar-refractivity contribution is -0.136. The molecule has 1 aromatic carbocycles. The zero-order chi connectivity index (χ0) is 19.3. The molecule has 4 amide bonds.